The van der Waals surface area contributed by atoms with E-state index in [-0.39, 0.29) is 5.92 Å². The van der Waals surface area contributed by atoms with Crippen LogP contribution in [0.5, 0.6) is 0 Å². The van der Waals surface area contributed by atoms with Crippen molar-refractivity contribution in [2.75, 3.05) is 6.61 Å². The summed E-state index contributed by atoms with van der Waals surface area (Å²) in [5.74, 6) is -0.0882. The number of esters is 1. The van der Waals surface area contributed by atoms with Crippen LogP contribution >= 0.6 is 0 Å². The van der Waals surface area contributed by atoms with Crippen molar-refractivity contribution in [3.8, 4) is 0 Å². The van der Waals surface area contributed by atoms with Gasteiger partial charge in [-0.25, -0.2) is 4.79 Å². The van der Waals surface area contributed by atoms with E-state index in [9.17, 15) is 9.90 Å². The van der Waals surface area contributed by atoms with Crippen molar-refractivity contribution >= 4 is 5.97 Å². The van der Waals surface area contributed by atoms with E-state index in [2.05, 4.69) is 13.8 Å². The first kappa shape index (κ1) is 14.4. The highest BCUT2D eigenvalue weighted by Crippen LogP contribution is 2.28. The van der Waals surface area contributed by atoms with Crippen molar-refractivity contribution in [2.24, 2.45) is 11.8 Å². The fourth-order valence-corrected chi connectivity index (χ4v) is 1.85. The zero-order chi connectivity index (χ0) is 12.1. The number of hydrogen-bond donors (Lipinski definition) is 1. The first-order chi connectivity index (χ1) is 6.88. The second-order valence-electron chi connectivity index (χ2n) is 4.53. The van der Waals surface area contributed by atoms with Crippen molar-refractivity contribution in [1.82, 2.24) is 0 Å². The van der Waals surface area contributed by atoms with Crippen LogP contribution in [0.2, 0.25) is 0 Å². The van der Waals surface area contributed by atoms with E-state index in [0.29, 0.717) is 18.9 Å². The van der Waals surface area contributed by atoms with Gasteiger partial charge in [0, 0.05) is 0 Å². The Bertz CT molecular complexity index is 201. The molecule has 0 heterocycles. The van der Waals surface area contributed by atoms with Crippen LogP contribution in [0.4, 0.5) is 0 Å². The fourth-order valence-electron chi connectivity index (χ4n) is 1.85. The smallest absolute Gasteiger partial charge is 0.338 e. The number of ether oxygens (including phenoxy) is 1. The highest BCUT2D eigenvalue weighted by atomic mass is 16.5. The SMILES string of the molecule is CCOC(=O)C(O)(CC)C(C)CC(C)C. The first-order valence-electron chi connectivity index (χ1n) is 5.78. The molecule has 15 heavy (non-hydrogen) atoms. The monoisotopic (exact) mass is 216 g/mol. The molecule has 0 bridgehead atoms. The molecule has 0 aliphatic heterocycles. The zero-order valence-electron chi connectivity index (χ0n) is 10.5. The van der Waals surface area contributed by atoms with Crippen molar-refractivity contribution in [3.63, 3.8) is 0 Å². The van der Waals surface area contributed by atoms with Gasteiger partial charge in [0.25, 0.3) is 0 Å². The molecule has 0 aromatic carbocycles. The molecule has 0 saturated carbocycles. The maximum atomic E-state index is 11.6. The minimum absolute atomic E-state index is 0.0680. The van der Waals surface area contributed by atoms with Crippen LogP contribution in [0.15, 0.2) is 0 Å². The number of carbonyl (C=O) groups is 1. The molecule has 0 amide bonds. The van der Waals surface area contributed by atoms with E-state index < -0.39 is 11.6 Å². The van der Waals surface area contributed by atoms with Crippen LogP contribution < -0.4 is 0 Å². The van der Waals surface area contributed by atoms with Gasteiger partial charge in [-0.05, 0) is 31.6 Å². The molecular weight excluding hydrogens is 192 g/mol. The van der Waals surface area contributed by atoms with E-state index in [1.54, 1.807) is 6.92 Å². The minimum atomic E-state index is -1.32. The molecule has 0 aromatic rings. The molecule has 0 rings (SSSR count). The second kappa shape index (κ2) is 6.11. The molecule has 3 nitrogen and oxygen atoms in total. The predicted molar refractivity (Wildman–Crippen MR) is 60.5 cm³/mol. The summed E-state index contributed by atoms with van der Waals surface area (Å²) in [6, 6.07) is 0. The van der Waals surface area contributed by atoms with E-state index in [4.69, 9.17) is 4.74 Å². The lowest BCUT2D eigenvalue weighted by Crippen LogP contribution is -2.46. The molecular formula is C12H24O3. The number of rotatable bonds is 6. The molecule has 0 saturated heterocycles. The summed E-state index contributed by atoms with van der Waals surface area (Å²) < 4.78 is 4.91. The topological polar surface area (TPSA) is 46.5 Å². The molecule has 0 aliphatic carbocycles. The third kappa shape index (κ3) is 3.82. The average Bonchev–Trinajstić information content (AvgIpc) is 2.15. The molecule has 2 unspecified atom stereocenters. The molecule has 90 valence electrons. The number of carbonyl (C=O) groups excluding carboxylic acids is 1. The summed E-state index contributed by atoms with van der Waals surface area (Å²) in [7, 11) is 0. The molecule has 0 radical (unpaired) electrons. The van der Waals surface area contributed by atoms with Gasteiger partial charge in [-0.3, -0.25) is 0 Å². The number of aliphatic hydroxyl groups is 1. The average molecular weight is 216 g/mol. The lowest BCUT2D eigenvalue weighted by Gasteiger charge is -2.31. The molecule has 1 N–H and O–H groups in total. The van der Waals surface area contributed by atoms with E-state index >= 15 is 0 Å². The van der Waals surface area contributed by atoms with Gasteiger partial charge in [-0.15, -0.1) is 0 Å². The van der Waals surface area contributed by atoms with Crippen LogP contribution in [0.25, 0.3) is 0 Å². The van der Waals surface area contributed by atoms with Gasteiger partial charge in [0.1, 0.15) is 0 Å². The third-order valence-corrected chi connectivity index (χ3v) is 2.81. The van der Waals surface area contributed by atoms with Crippen LogP contribution in [0, 0.1) is 11.8 Å². The summed E-state index contributed by atoms with van der Waals surface area (Å²) in [5, 5.41) is 10.3. The van der Waals surface area contributed by atoms with Gasteiger partial charge in [-0.2, -0.15) is 0 Å². The van der Waals surface area contributed by atoms with Crippen molar-refractivity contribution in [3.05, 3.63) is 0 Å². The molecule has 0 fully saturated rings. The number of hydrogen-bond acceptors (Lipinski definition) is 3. The van der Waals surface area contributed by atoms with Crippen LogP contribution in [0.1, 0.15) is 47.5 Å². The molecule has 0 aromatic heterocycles. The fraction of sp³-hybridized carbons (Fsp3) is 0.917. The van der Waals surface area contributed by atoms with Gasteiger partial charge in [-0.1, -0.05) is 27.7 Å². The van der Waals surface area contributed by atoms with Crippen molar-refractivity contribution in [1.29, 1.82) is 0 Å². The zero-order valence-corrected chi connectivity index (χ0v) is 10.5. The summed E-state index contributed by atoms with van der Waals surface area (Å²) in [6.45, 7) is 9.94. The largest absolute Gasteiger partial charge is 0.464 e. The molecule has 0 spiro atoms. The Morgan fingerprint density at radius 3 is 2.20 bits per heavy atom. The Labute approximate surface area is 92.8 Å². The van der Waals surface area contributed by atoms with Crippen LogP contribution in [-0.4, -0.2) is 23.3 Å². The Hall–Kier alpha value is -0.570. The van der Waals surface area contributed by atoms with Gasteiger partial charge < -0.3 is 9.84 Å². The van der Waals surface area contributed by atoms with E-state index in [0.717, 1.165) is 6.42 Å². The van der Waals surface area contributed by atoms with Gasteiger partial charge in [0.2, 0.25) is 0 Å². The molecule has 2 atom stereocenters. The second-order valence-corrected chi connectivity index (χ2v) is 4.53. The van der Waals surface area contributed by atoms with Crippen LogP contribution in [-0.2, 0) is 9.53 Å². The summed E-state index contributed by atoms with van der Waals surface area (Å²) in [5.41, 5.74) is -1.32. The summed E-state index contributed by atoms with van der Waals surface area (Å²) in [6.07, 6.45) is 1.23. The van der Waals surface area contributed by atoms with E-state index in [1.807, 2.05) is 13.8 Å². The Morgan fingerprint density at radius 1 is 1.33 bits per heavy atom. The highest BCUT2D eigenvalue weighted by Gasteiger charge is 2.41. The van der Waals surface area contributed by atoms with Crippen LogP contribution in [0.3, 0.4) is 0 Å². The standard InChI is InChI=1S/C12H24O3/c1-6-12(14,11(13)15-7-2)10(5)8-9(3)4/h9-10,14H,6-8H2,1-5H3. The quantitative estimate of drug-likeness (QED) is 0.693. The van der Waals surface area contributed by atoms with Gasteiger partial charge >= 0.3 is 5.97 Å². The maximum Gasteiger partial charge on any atom is 0.338 e. The minimum Gasteiger partial charge on any atom is -0.464 e. The third-order valence-electron chi connectivity index (χ3n) is 2.81. The maximum absolute atomic E-state index is 11.6. The molecule has 3 heteroatoms. The lowest BCUT2D eigenvalue weighted by molar-refractivity contribution is -0.172. The van der Waals surface area contributed by atoms with E-state index in [1.165, 1.54) is 0 Å². The first-order valence-corrected chi connectivity index (χ1v) is 5.78. The summed E-state index contributed by atoms with van der Waals surface area (Å²) >= 11 is 0. The highest BCUT2D eigenvalue weighted by molar-refractivity contribution is 5.79. The van der Waals surface area contributed by atoms with Gasteiger partial charge in [0.05, 0.1) is 6.61 Å². The van der Waals surface area contributed by atoms with Crippen molar-refractivity contribution in [2.45, 2.75) is 53.1 Å². The summed E-state index contributed by atoms with van der Waals surface area (Å²) in [4.78, 5) is 11.6. The van der Waals surface area contributed by atoms with Crippen molar-refractivity contribution < 1.29 is 14.6 Å². The normalized spacial score (nSPS) is 17.3. The lowest BCUT2D eigenvalue weighted by atomic mass is 9.81. The Morgan fingerprint density at radius 2 is 1.87 bits per heavy atom. The Balaban J connectivity index is 4.59. The Kier molecular flexibility index (Phi) is 5.88. The molecule has 0 aliphatic rings. The van der Waals surface area contributed by atoms with Gasteiger partial charge in [0.15, 0.2) is 5.60 Å². The predicted octanol–water partition coefficient (Wildman–Crippen LogP) is 2.37.